The largest absolute Gasteiger partial charge is 0.383 e. The Bertz CT molecular complexity index is 329. The molecule has 0 saturated carbocycles. The zero-order valence-electron chi connectivity index (χ0n) is 9.88. The molecule has 2 heteroatoms. The van der Waals surface area contributed by atoms with Crippen molar-refractivity contribution in [1.82, 2.24) is 0 Å². The molecular formula is C13H20N2. The average Bonchev–Trinajstić information content (AvgIpc) is 2.17. The third kappa shape index (κ3) is 3.66. The van der Waals surface area contributed by atoms with Crippen LogP contribution in [0.5, 0.6) is 0 Å². The number of rotatable bonds is 5. The van der Waals surface area contributed by atoms with Crippen LogP contribution in [0.2, 0.25) is 0 Å². The summed E-state index contributed by atoms with van der Waals surface area (Å²) in [4.78, 5) is 2.11. The van der Waals surface area contributed by atoms with E-state index in [1.807, 2.05) is 0 Å². The second kappa shape index (κ2) is 5.44. The number of anilines is 2. The van der Waals surface area contributed by atoms with E-state index in [9.17, 15) is 0 Å². The van der Waals surface area contributed by atoms with Gasteiger partial charge >= 0.3 is 0 Å². The van der Waals surface area contributed by atoms with Gasteiger partial charge in [0.2, 0.25) is 0 Å². The topological polar surface area (TPSA) is 15.3 Å². The first-order valence-corrected chi connectivity index (χ1v) is 5.26. The maximum atomic E-state index is 3.89. The fourth-order valence-electron chi connectivity index (χ4n) is 1.42. The lowest BCUT2D eigenvalue weighted by atomic mass is 10.2. The molecule has 82 valence electrons. The number of nitrogens with one attached hydrogen (secondary N) is 1. The Balaban J connectivity index is 2.63. The van der Waals surface area contributed by atoms with Gasteiger partial charge in [-0.3, -0.25) is 0 Å². The van der Waals surface area contributed by atoms with Crippen LogP contribution in [0.25, 0.3) is 0 Å². The predicted octanol–water partition coefficient (Wildman–Crippen LogP) is 3.13. The van der Waals surface area contributed by atoms with Crippen molar-refractivity contribution in [1.29, 1.82) is 0 Å². The predicted molar refractivity (Wildman–Crippen MR) is 68.7 cm³/mol. The summed E-state index contributed by atoms with van der Waals surface area (Å²) in [5.41, 5.74) is 3.62. The van der Waals surface area contributed by atoms with Crippen LogP contribution in [-0.4, -0.2) is 20.6 Å². The van der Waals surface area contributed by atoms with Gasteiger partial charge in [-0.2, -0.15) is 0 Å². The van der Waals surface area contributed by atoms with Gasteiger partial charge in [-0.05, 0) is 25.5 Å². The summed E-state index contributed by atoms with van der Waals surface area (Å²) in [5, 5.41) is 3.42. The molecule has 0 bridgehead atoms. The third-order valence-electron chi connectivity index (χ3n) is 2.25. The summed E-state index contributed by atoms with van der Waals surface area (Å²) in [6.07, 6.45) is 1.02. The average molecular weight is 204 g/mol. The van der Waals surface area contributed by atoms with Crippen LogP contribution < -0.4 is 10.2 Å². The minimum absolute atomic E-state index is 0.945. The first-order valence-electron chi connectivity index (χ1n) is 5.26. The van der Waals surface area contributed by atoms with Crippen LogP contribution in [0.3, 0.4) is 0 Å². The summed E-state index contributed by atoms with van der Waals surface area (Å²) < 4.78 is 0. The monoisotopic (exact) mass is 204 g/mol. The molecular weight excluding hydrogens is 184 g/mol. The minimum Gasteiger partial charge on any atom is -0.383 e. The second-order valence-electron chi connectivity index (χ2n) is 4.05. The molecule has 0 aliphatic rings. The normalized spacial score (nSPS) is 9.80. The molecule has 0 fully saturated rings. The molecule has 15 heavy (non-hydrogen) atoms. The Morgan fingerprint density at radius 1 is 1.33 bits per heavy atom. The summed E-state index contributed by atoms with van der Waals surface area (Å²) in [5.74, 6) is 0. The summed E-state index contributed by atoms with van der Waals surface area (Å²) in [6, 6.07) is 8.33. The van der Waals surface area contributed by atoms with Gasteiger partial charge in [0.25, 0.3) is 0 Å². The van der Waals surface area contributed by atoms with Gasteiger partial charge in [0.05, 0.1) is 11.4 Å². The first-order chi connectivity index (χ1) is 7.11. The van der Waals surface area contributed by atoms with Gasteiger partial charge in [-0.15, -0.1) is 6.58 Å². The van der Waals surface area contributed by atoms with E-state index in [2.05, 4.69) is 62.1 Å². The zero-order chi connectivity index (χ0) is 11.3. The standard InChI is InChI=1S/C13H20N2/c1-11(2)9-10-14-12-7-5-6-8-13(12)15(3)4/h5-8,14H,1,9-10H2,2-4H3. The van der Waals surface area contributed by atoms with Crippen molar-refractivity contribution in [2.75, 3.05) is 30.9 Å². The number of nitrogens with zero attached hydrogens (tertiary/aromatic N) is 1. The maximum absolute atomic E-state index is 3.89. The number of benzene rings is 1. The summed E-state index contributed by atoms with van der Waals surface area (Å²) >= 11 is 0. The molecule has 1 aromatic carbocycles. The van der Waals surface area contributed by atoms with Gasteiger partial charge < -0.3 is 10.2 Å². The van der Waals surface area contributed by atoms with Crippen molar-refractivity contribution in [3.8, 4) is 0 Å². The van der Waals surface area contributed by atoms with E-state index < -0.39 is 0 Å². The fourth-order valence-corrected chi connectivity index (χ4v) is 1.42. The maximum Gasteiger partial charge on any atom is 0.0596 e. The highest BCUT2D eigenvalue weighted by molar-refractivity contribution is 5.69. The smallest absolute Gasteiger partial charge is 0.0596 e. The zero-order valence-corrected chi connectivity index (χ0v) is 9.88. The van der Waals surface area contributed by atoms with Crippen LogP contribution in [-0.2, 0) is 0 Å². The van der Waals surface area contributed by atoms with Crippen molar-refractivity contribution in [3.05, 3.63) is 36.4 Å². The van der Waals surface area contributed by atoms with Crippen LogP contribution in [0.1, 0.15) is 13.3 Å². The molecule has 1 N–H and O–H groups in total. The lowest BCUT2D eigenvalue weighted by Crippen LogP contribution is -2.12. The molecule has 1 rings (SSSR count). The van der Waals surface area contributed by atoms with E-state index >= 15 is 0 Å². The number of hydrogen-bond acceptors (Lipinski definition) is 2. The van der Waals surface area contributed by atoms with Gasteiger partial charge in [0.15, 0.2) is 0 Å². The molecule has 0 spiro atoms. The van der Waals surface area contributed by atoms with Gasteiger partial charge in [0.1, 0.15) is 0 Å². The Morgan fingerprint density at radius 2 is 2.00 bits per heavy atom. The van der Waals surface area contributed by atoms with Crippen LogP contribution in [0.4, 0.5) is 11.4 Å². The van der Waals surface area contributed by atoms with E-state index in [0.717, 1.165) is 13.0 Å². The van der Waals surface area contributed by atoms with Crippen molar-refractivity contribution in [3.63, 3.8) is 0 Å². The highest BCUT2D eigenvalue weighted by Crippen LogP contribution is 2.23. The SMILES string of the molecule is C=C(C)CCNc1ccccc1N(C)C. The molecule has 0 aliphatic carbocycles. The van der Waals surface area contributed by atoms with Crippen molar-refractivity contribution in [2.24, 2.45) is 0 Å². The molecule has 0 aromatic heterocycles. The summed E-state index contributed by atoms with van der Waals surface area (Å²) in [7, 11) is 4.11. The van der Waals surface area contributed by atoms with Crippen molar-refractivity contribution < 1.29 is 0 Å². The molecule has 0 aliphatic heterocycles. The lowest BCUT2D eigenvalue weighted by molar-refractivity contribution is 0.998. The van der Waals surface area contributed by atoms with Crippen LogP contribution in [0, 0.1) is 0 Å². The molecule has 0 saturated heterocycles. The Labute approximate surface area is 92.6 Å². The molecule has 1 aromatic rings. The van der Waals surface area contributed by atoms with Crippen molar-refractivity contribution in [2.45, 2.75) is 13.3 Å². The van der Waals surface area contributed by atoms with Crippen LogP contribution in [0.15, 0.2) is 36.4 Å². The van der Waals surface area contributed by atoms with E-state index in [1.165, 1.54) is 16.9 Å². The lowest BCUT2D eigenvalue weighted by Gasteiger charge is -2.18. The third-order valence-corrected chi connectivity index (χ3v) is 2.25. The summed E-state index contributed by atoms with van der Waals surface area (Å²) in [6.45, 7) is 6.89. The Kier molecular flexibility index (Phi) is 4.22. The van der Waals surface area contributed by atoms with Crippen LogP contribution >= 0.6 is 0 Å². The Hall–Kier alpha value is -1.44. The molecule has 2 nitrogen and oxygen atoms in total. The van der Waals surface area contributed by atoms with E-state index in [-0.39, 0.29) is 0 Å². The molecule has 0 unspecified atom stereocenters. The van der Waals surface area contributed by atoms with Gasteiger partial charge in [0, 0.05) is 20.6 Å². The number of hydrogen-bond donors (Lipinski definition) is 1. The molecule has 0 atom stereocenters. The molecule has 0 heterocycles. The second-order valence-corrected chi connectivity index (χ2v) is 4.05. The first kappa shape index (κ1) is 11.6. The quantitative estimate of drug-likeness (QED) is 0.741. The highest BCUT2D eigenvalue weighted by atomic mass is 15.1. The van der Waals surface area contributed by atoms with Gasteiger partial charge in [-0.1, -0.05) is 17.7 Å². The molecule has 0 radical (unpaired) electrons. The van der Waals surface area contributed by atoms with E-state index in [1.54, 1.807) is 0 Å². The Morgan fingerprint density at radius 3 is 2.60 bits per heavy atom. The van der Waals surface area contributed by atoms with E-state index in [4.69, 9.17) is 0 Å². The van der Waals surface area contributed by atoms with Gasteiger partial charge in [-0.25, -0.2) is 0 Å². The van der Waals surface area contributed by atoms with E-state index in [0.29, 0.717) is 0 Å². The highest BCUT2D eigenvalue weighted by Gasteiger charge is 2.01. The van der Waals surface area contributed by atoms with Crippen molar-refractivity contribution >= 4 is 11.4 Å². The molecule has 0 amide bonds. The minimum atomic E-state index is 0.945. The fraction of sp³-hybridized carbons (Fsp3) is 0.385. The number of para-hydroxylation sites is 2.